The third-order valence-corrected chi connectivity index (χ3v) is 5.82. The van der Waals surface area contributed by atoms with Crippen LogP contribution in [0.5, 0.6) is 17.4 Å². The summed E-state index contributed by atoms with van der Waals surface area (Å²) >= 11 is 0. The first-order chi connectivity index (χ1) is 14.3. The summed E-state index contributed by atoms with van der Waals surface area (Å²) in [5, 5.41) is 8.44. The fourth-order valence-electron chi connectivity index (χ4n) is 3.92. The first-order valence-electron chi connectivity index (χ1n) is 10.4. The Kier molecular flexibility index (Phi) is 4.96. The Morgan fingerprint density at radius 3 is 2.62 bits per heavy atom. The van der Waals surface area contributed by atoms with Crippen LogP contribution < -0.4 is 14.2 Å². The van der Waals surface area contributed by atoms with Crippen LogP contribution in [-0.4, -0.2) is 53.9 Å². The summed E-state index contributed by atoms with van der Waals surface area (Å²) in [7, 11) is 0. The molecule has 1 saturated carbocycles. The molecule has 0 N–H and O–H groups in total. The highest BCUT2D eigenvalue weighted by molar-refractivity contribution is 5.98. The molecule has 7 nitrogen and oxygen atoms in total. The largest absolute Gasteiger partial charge is 0.486 e. The molecule has 2 aromatic rings. The quantitative estimate of drug-likeness (QED) is 0.775. The van der Waals surface area contributed by atoms with Gasteiger partial charge in [0.2, 0.25) is 5.88 Å². The second-order valence-electron chi connectivity index (χ2n) is 7.95. The second-order valence-corrected chi connectivity index (χ2v) is 7.95. The zero-order chi connectivity index (χ0) is 19.6. The number of carbonyl (C=O) groups excluding carboxylic acids is 1. The topological polar surface area (TPSA) is 73.8 Å². The van der Waals surface area contributed by atoms with Crippen LogP contribution in [0.25, 0.3) is 0 Å². The Hall–Kier alpha value is -2.83. The van der Waals surface area contributed by atoms with Gasteiger partial charge in [-0.05, 0) is 49.8 Å². The molecule has 152 valence electrons. The molecule has 0 spiro atoms. The molecular formula is C22H25N3O4. The number of hydrogen-bond acceptors (Lipinski definition) is 6. The molecular weight excluding hydrogens is 370 g/mol. The number of nitrogens with zero attached hydrogens (tertiary/aromatic N) is 3. The first-order valence-corrected chi connectivity index (χ1v) is 10.4. The fourth-order valence-corrected chi connectivity index (χ4v) is 3.92. The molecule has 3 heterocycles. The van der Waals surface area contributed by atoms with Gasteiger partial charge in [-0.2, -0.15) is 5.10 Å². The van der Waals surface area contributed by atoms with Crippen LogP contribution in [-0.2, 0) is 0 Å². The molecule has 0 radical (unpaired) electrons. The minimum atomic E-state index is 0.00764. The zero-order valence-electron chi connectivity index (χ0n) is 16.4. The normalized spacial score (nSPS) is 19.1. The van der Waals surface area contributed by atoms with E-state index in [1.165, 1.54) is 12.8 Å². The van der Waals surface area contributed by atoms with E-state index in [2.05, 4.69) is 10.2 Å². The molecule has 1 amide bonds. The van der Waals surface area contributed by atoms with Gasteiger partial charge >= 0.3 is 0 Å². The standard InChI is InChI=1S/C22H25N3O4/c26-22(17-2-1-3-19-21(17)28-13-12-27-19)25-10-8-15(9-11-25)14-29-20-7-6-18(23-24-20)16-4-5-16/h1-3,6-7,15-16H,4-5,8-14H2. The molecule has 7 heteroatoms. The predicted molar refractivity (Wildman–Crippen MR) is 106 cm³/mol. The van der Waals surface area contributed by atoms with Crippen molar-refractivity contribution in [2.45, 2.75) is 31.6 Å². The summed E-state index contributed by atoms with van der Waals surface area (Å²) in [6.07, 6.45) is 4.26. The second kappa shape index (κ2) is 7.89. The van der Waals surface area contributed by atoms with Gasteiger partial charge < -0.3 is 19.1 Å². The molecule has 29 heavy (non-hydrogen) atoms. The van der Waals surface area contributed by atoms with Crippen molar-refractivity contribution in [3.05, 3.63) is 41.6 Å². The van der Waals surface area contributed by atoms with E-state index in [0.717, 1.165) is 18.5 Å². The third kappa shape index (κ3) is 3.99. The summed E-state index contributed by atoms with van der Waals surface area (Å²) in [6.45, 7) is 3.02. The van der Waals surface area contributed by atoms with E-state index in [-0.39, 0.29) is 5.91 Å². The number of hydrogen-bond donors (Lipinski definition) is 0. The van der Waals surface area contributed by atoms with Crippen molar-refractivity contribution in [2.75, 3.05) is 32.9 Å². The van der Waals surface area contributed by atoms with Crippen LogP contribution in [0.3, 0.4) is 0 Å². The number of benzene rings is 1. The van der Waals surface area contributed by atoms with E-state index in [1.807, 2.05) is 35.2 Å². The number of ether oxygens (including phenoxy) is 3. The minimum absolute atomic E-state index is 0.00764. The Balaban J connectivity index is 1.14. The lowest BCUT2D eigenvalue weighted by Gasteiger charge is -2.32. The lowest BCUT2D eigenvalue weighted by Crippen LogP contribution is -2.40. The summed E-state index contributed by atoms with van der Waals surface area (Å²) in [6, 6.07) is 9.44. The average Bonchev–Trinajstić information content (AvgIpc) is 3.63. The van der Waals surface area contributed by atoms with Gasteiger partial charge in [0.05, 0.1) is 17.9 Å². The molecule has 1 saturated heterocycles. The molecule has 2 fully saturated rings. The maximum Gasteiger partial charge on any atom is 0.257 e. The number of fused-ring (bicyclic) bond motifs is 1. The Morgan fingerprint density at radius 2 is 1.86 bits per heavy atom. The van der Waals surface area contributed by atoms with Gasteiger partial charge in [-0.3, -0.25) is 4.79 Å². The highest BCUT2D eigenvalue weighted by Crippen LogP contribution is 2.38. The fraction of sp³-hybridized carbons (Fsp3) is 0.500. The van der Waals surface area contributed by atoms with Crippen molar-refractivity contribution < 1.29 is 19.0 Å². The number of carbonyl (C=O) groups is 1. The smallest absolute Gasteiger partial charge is 0.257 e. The zero-order valence-corrected chi connectivity index (χ0v) is 16.4. The van der Waals surface area contributed by atoms with Gasteiger partial charge in [0.25, 0.3) is 5.91 Å². The van der Waals surface area contributed by atoms with Crippen molar-refractivity contribution in [3.8, 4) is 17.4 Å². The molecule has 0 atom stereocenters. The van der Waals surface area contributed by atoms with Crippen LogP contribution >= 0.6 is 0 Å². The van der Waals surface area contributed by atoms with Crippen LogP contribution in [0.15, 0.2) is 30.3 Å². The molecule has 0 bridgehead atoms. The molecule has 2 aliphatic heterocycles. The number of para-hydroxylation sites is 1. The van der Waals surface area contributed by atoms with Gasteiger partial charge in [-0.25, -0.2) is 0 Å². The van der Waals surface area contributed by atoms with Gasteiger partial charge in [0.1, 0.15) is 13.2 Å². The number of aromatic nitrogens is 2. The van der Waals surface area contributed by atoms with Crippen LogP contribution in [0.1, 0.15) is 47.7 Å². The first kappa shape index (κ1) is 18.2. The molecule has 5 rings (SSSR count). The minimum Gasteiger partial charge on any atom is -0.486 e. The Labute approximate surface area is 170 Å². The van der Waals surface area contributed by atoms with Crippen molar-refractivity contribution >= 4 is 5.91 Å². The maximum absolute atomic E-state index is 13.0. The molecule has 3 aliphatic rings. The van der Waals surface area contributed by atoms with Gasteiger partial charge in [0, 0.05) is 25.1 Å². The summed E-state index contributed by atoms with van der Waals surface area (Å²) in [4.78, 5) is 14.9. The van der Waals surface area contributed by atoms with Gasteiger partial charge in [-0.15, -0.1) is 5.10 Å². The SMILES string of the molecule is O=C(c1cccc2c1OCCO2)N1CCC(COc2ccc(C3CC3)nn2)CC1. The van der Waals surface area contributed by atoms with E-state index in [0.29, 0.717) is 67.7 Å². The highest BCUT2D eigenvalue weighted by atomic mass is 16.6. The number of piperidine rings is 1. The number of rotatable bonds is 5. The lowest BCUT2D eigenvalue weighted by molar-refractivity contribution is 0.0649. The van der Waals surface area contributed by atoms with E-state index >= 15 is 0 Å². The van der Waals surface area contributed by atoms with Crippen LogP contribution in [0, 0.1) is 5.92 Å². The third-order valence-electron chi connectivity index (χ3n) is 5.82. The molecule has 0 unspecified atom stereocenters. The monoisotopic (exact) mass is 395 g/mol. The lowest BCUT2D eigenvalue weighted by atomic mass is 9.97. The van der Waals surface area contributed by atoms with Crippen LogP contribution in [0.4, 0.5) is 0 Å². The molecule has 1 aliphatic carbocycles. The summed E-state index contributed by atoms with van der Waals surface area (Å²) in [5.74, 6) is 2.83. The van der Waals surface area contributed by atoms with E-state index < -0.39 is 0 Å². The Bertz CT molecular complexity index is 874. The van der Waals surface area contributed by atoms with Gasteiger partial charge in [0.15, 0.2) is 11.5 Å². The van der Waals surface area contributed by atoms with Crippen LogP contribution in [0.2, 0.25) is 0 Å². The van der Waals surface area contributed by atoms with Crippen molar-refractivity contribution in [1.82, 2.24) is 15.1 Å². The maximum atomic E-state index is 13.0. The van der Waals surface area contributed by atoms with E-state index in [1.54, 1.807) is 0 Å². The van der Waals surface area contributed by atoms with E-state index in [4.69, 9.17) is 14.2 Å². The number of amides is 1. The average molecular weight is 395 g/mol. The van der Waals surface area contributed by atoms with Crippen molar-refractivity contribution in [1.29, 1.82) is 0 Å². The Morgan fingerprint density at radius 1 is 1.03 bits per heavy atom. The van der Waals surface area contributed by atoms with E-state index in [9.17, 15) is 4.79 Å². The predicted octanol–water partition coefficient (Wildman–Crippen LogP) is 3.06. The number of likely N-dealkylation sites (tertiary alicyclic amines) is 1. The summed E-state index contributed by atoms with van der Waals surface area (Å²) < 4.78 is 17.1. The molecule has 1 aromatic heterocycles. The highest BCUT2D eigenvalue weighted by Gasteiger charge is 2.28. The van der Waals surface area contributed by atoms with Crippen molar-refractivity contribution in [2.24, 2.45) is 5.92 Å². The molecule has 1 aromatic carbocycles. The summed E-state index contributed by atoms with van der Waals surface area (Å²) in [5.41, 5.74) is 1.66. The van der Waals surface area contributed by atoms with Gasteiger partial charge in [-0.1, -0.05) is 6.07 Å². The van der Waals surface area contributed by atoms with Crippen molar-refractivity contribution in [3.63, 3.8) is 0 Å².